The minimum absolute atomic E-state index is 0.402. The first-order chi connectivity index (χ1) is 10.3. The molecule has 0 radical (unpaired) electrons. The Hall–Kier alpha value is -1.13. The van der Waals surface area contributed by atoms with Gasteiger partial charge >= 0.3 is 0 Å². The number of nitrogens with zero attached hydrogens (tertiary/aromatic N) is 3. The van der Waals surface area contributed by atoms with E-state index in [-0.39, 0.29) is 0 Å². The van der Waals surface area contributed by atoms with E-state index in [2.05, 4.69) is 46.1 Å². The number of piperazine rings is 1. The SMILES string of the molecule is CCCNC(C)c1ccnc(N2CCN(C3CC3)CC2)c1. The van der Waals surface area contributed by atoms with Crippen molar-refractivity contribution in [2.75, 3.05) is 37.6 Å². The number of pyridine rings is 1. The largest absolute Gasteiger partial charge is 0.354 e. The summed E-state index contributed by atoms with van der Waals surface area (Å²) < 4.78 is 0. The van der Waals surface area contributed by atoms with Gasteiger partial charge < -0.3 is 10.2 Å². The standard InChI is InChI=1S/C17H28N4/c1-3-7-18-14(2)15-6-8-19-17(13-15)21-11-9-20(10-12-21)16-4-5-16/h6,8,13-14,16,18H,3-5,7,9-12H2,1-2H3. The Morgan fingerprint density at radius 1 is 1.29 bits per heavy atom. The highest BCUT2D eigenvalue weighted by Crippen LogP contribution is 2.28. The third-order valence-electron chi connectivity index (χ3n) is 4.67. The summed E-state index contributed by atoms with van der Waals surface area (Å²) in [7, 11) is 0. The van der Waals surface area contributed by atoms with Gasteiger partial charge in [0.2, 0.25) is 0 Å². The molecule has 1 N–H and O–H groups in total. The number of hydrogen-bond donors (Lipinski definition) is 1. The number of aromatic nitrogens is 1. The Morgan fingerprint density at radius 3 is 2.71 bits per heavy atom. The predicted octanol–water partition coefficient (Wildman–Crippen LogP) is 2.43. The fraction of sp³-hybridized carbons (Fsp3) is 0.706. The van der Waals surface area contributed by atoms with E-state index in [0.717, 1.165) is 31.5 Å². The Morgan fingerprint density at radius 2 is 2.05 bits per heavy atom. The highest BCUT2D eigenvalue weighted by atomic mass is 15.3. The molecule has 2 fully saturated rings. The molecule has 0 bridgehead atoms. The van der Waals surface area contributed by atoms with Crippen molar-refractivity contribution in [1.29, 1.82) is 0 Å². The van der Waals surface area contributed by atoms with Gasteiger partial charge in [0.25, 0.3) is 0 Å². The highest BCUT2D eigenvalue weighted by Gasteiger charge is 2.31. The first-order valence-electron chi connectivity index (χ1n) is 8.46. The third-order valence-corrected chi connectivity index (χ3v) is 4.67. The molecule has 0 amide bonds. The summed E-state index contributed by atoms with van der Waals surface area (Å²) >= 11 is 0. The van der Waals surface area contributed by atoms with E-state index >= 15 is 0 Å². The third kappa shape index (κ3) is 3.74. The summed E-state index contributed by atoms with van der Waals surface area (Å²) in [6.45, 7) is 10.1. The van der Waals surface area contributed by atoms with Gasteiger partial charge in [-0.25, -0.2) is 4.98 Å². The molecule has 1 aromatic rings. The van der Waals surface area contributed by atoms with Gasteiger partial charge in [-0.05, 0) is 50.4 Å². The van der Waals surface area contributed by atoms with Crippen molar-refractivity contribution in [3.8, 4) is 0 Å². The first-order valence-corrected chi connectivity index (χ1v) is 8.46. The van der Waals surface area contributed by atoms with E-state index in [1.807, 2.05) is 6.20 Å². The number of hydrogen-bond acceptors (Lipinski definition) is 4. The number of rotatable bonds is 6. The van der Waals surface area contributed by atoms with Crippen LogP contribution >= 0.6 is 0 Å². The maximum atomic E-state index is 4.59. The van der Waals surface area contributed by atoms with Crippen LogP contribution in [-0.2, 0) is 0 Å². The fourth-order valence-electron chi connectivity index (χ4n) is 3.11. The van der Waals surface area contributed by atoms with Gasteiger partial charge in [0.1, 0.15) is 5.82 Å². The Labute approximate surface area is 128 Å². The maximum absolute atomic E-state index is 4.59. The molecule has 21 heavy (non-hydrogen) atoms. The van der Waals surface area contributed by atoms with Crippen LogP contribution < -0.4 is 10.2 Å². The van der Waals surface area contributed by atoms with Crippen LogP contribution in [0.3, 0.4) is 0 Å². The molecule has 116 valence electrons. The summed E-state index contributed by atoms with van der Waals surface area (Å²) in [6, 6.07) is 5.70. The average Bonchev–Trinajstić information content (AvgIpc) is 3.38. The second-order valence-corrected chi connectivity index (χ2v) is 6.38. The van der Waals surface area contributed by atoms with Crippen LogP contribution in [0.5, 0.6) is 0 Å². The van der Waals surface area contributed by atoms with E-state index < -0.39 is 0 Å². The summed E-state index contributed by atoms with van der Waals surface area (Å²) in [4.78, 5) is 9.67. The Balaban J connectivity index is 1.60. The minimum atomic E-state index is 0.402. The molecule has 1 aliphatic carbocycles. The fourth-order valence-corrected chi connectivity index (χ4v) is 3.11. The lowest BCUT2D eigenvalue weighted by Gasteiger charge is -2.35. The van der Waals surface area contributed by atoms with E-state index in [4.69, 9.17) is 0 Å². The Bertz CT molecular complexity index is 450. The summed E-state index contributed by atoms with van der Waals surface area (Å²) in [5, 5.41) is 3.55. The van der Waals surface area contributed by atoms with E-state index in [0.29, 0.717) is 6.04 Å². The van der Waals surface area contributed by atoms with Gasteiger partial charge in [0.05, 0.1) is 0 Å². The van der Waals surface area contributed by atoms with Crippen LogP contribution in [0, 0.1) is 0 Å². The molecule has 1 saturated heterocycles. The van der Waals surface area contributed by atoms with Gasteiger partial charge in [-0.2, -0.15) is 0 Å². The topological polar surface area (TPSA) is 31.4 Å². The summed E-state index contributed by atoms with van der Waals surface area (Å²) in [5.41, 5.74) is 1.35. The quantitative estimate of drug-likeness (QED) is 0.871. The van der Waals surface area contributed by atoms with Crippen LogP contribution in [0.2, 0.25) is 0 Å². The lowest BCUT2D eigenvalue weighted by atomic mass is 10.1. The minimum Gasteiger partial charge on any atom is -0.354 e. The van der Waals surface area contributed by atoms with Crippen molar-refractivity contribution in [2.45, 2.75) is 45.2 Å². The molecular weight excluding hydrogens is 260 g/mol. The molecule has 1 aromatic heterocycles. The second-order valence-electron chi connectivity index (χ2n) is 6.38. The van der Waals surface area contributed by atoms with Gasteiger partial charge in [-0.1, -0.05) is 6.92 Å². The number of nitrogens with one attached hydrogen (secondary N) is 1. The van der Waals surface area contributed by atoms with Gasteiger partial charge in [-0.3, -0.25) is 4.90 Å². The molecule has 0 aromatic carbocycles. The van der Waals surface area contributed by atoms with Crippen molar-refractivity contribution >= 4 is 5.82 Å². The molecule has 0 spiro atoms. The smallest absolute Gasteiger partial charge is 0.128 e. The monoisotopic (exact) mass is 288 g/mol. The highest BCUT2D eigenvalue weighted by molar-refractivity contribution is 5.42. The molecule has 3 rings (SSSR count). The van der Waals surface area contributed by atoms with Gasteiger partial charge in [0.15, 0.2) is 0 Å². The molecule has 1 aliphatic heterocycles. The summed E-state index contributed by atoms with van der Waals surface area (Å²) in [6.07, 6.45) is 5.95. The van der Waals surface area contributed by atoms with E-state index in [1.54, 1.807) is 0 Å². The zero-order valence-corrected chi connectivity index (χ0v) is 13.4. The summed E-state index contributed by atoms with van der Waals surface area (Å²) in [5.74, 6) is 1.15. The van der Waals surface area contributed by atoms with Crippen molar-refractivity contribution in [3.05, 3.63) is 23.9 Å². The van der Waals surface area contributed by atoms with Crippen LogP contribution in [0.1, 0.15) is 44.7 Å². The van der Waals surface area contributed by atoms with Crippen molar-refractivity contribution in [2.24, 2.45) is 0 Å². The van der Waals surface area contributed by atoms with Crippen LogP contribution in [0.15, 0.2) is 18.3 Å². The van der Waals surface area contributed by atoms with Gasteiger partial charge in [0, 0.05) is 44.5 Å². The predicted molar refractivity (Wildman–Crippen MR) is 87.8 cm³/mol. The van der Waals surface area contributed by atoms with Crippen molar-refractivity contribution in [3.63, 3.8) is 0 Å². The van der Waals surface area contributed by atoms with Crippen LogP contribution in [-0.4, -0.2) is 48.6 Å². The van der Waals surface area contributed by atoms with Crippen molar-refractivity contribution < 1.29 is 0 Å². The molecule has 4 heteroatoms. The molecule has 4 nitrogen and oxygen atoms in total. The van der Waals surface area contributed by atoms with Gasteiger partial charge in [-0.15, -0.1) is 0 Å². The van der Waals surface area contributed by atoms with Crippen LogP contribution in [0.4, 0.5) is 5.82 Å². The molecule has 1 atom stereocenters. The lowest BCUT2D eigenvalue weighted by Crippen LogP contribution is -2.47. The normalized spacial score (nSPS) is 21.5. The maximum Gasteiger partial charge on any atom is 0.128 e. The van der Waals surface area contributed by atoms with Crippen LogP contribution in [0.25, 0.3) is 0 Å². The van der Waals surface area contributed by atoms with E-state index in [1.165, 1.54) is 37.9 Å². The molecular formula is C17H28N4. The van der Waals surface area contributed by atoms with Crippen molar-refractivity contribution in [1.82, 2.24) is 15.2 Å². The molecule has 2 heterocycles. The molecule has 1 unspecified atom stereocenters. The average molecular weight is 288 g/mol. The first kappa shape index (κ1) is 14.8. The number of anilines is 1. The zero-order valence-electron chi connectivity index (χ0n) is 13.4. The Kier molecular flexibility index (Phi) is 4.76. The van der Waals surface area contributed by atoms with E-state index in [9.17, 15) is 0 Å². The second kappa shape index (κ2) is 6.75. The molecule has 2 aliphatic rings. The zero-order chi connectivity index (χ0) is 14.7. The lowest BCUT2D eigenvalue weighted by molar-refractivity contribution is 0.247. The molecule has 1 saturated carbocycles.